The van der Waals surface area contributed by atoms with Crippen LogP contribution in [0.4, 0.5) is 0 Å². The first kappa shape index (κ1) is 26.4. The number of nitriles is 1. The van der Waals surface area contributed by atoms with E-state index in [1.807, 2.05) is 6.92 Å². The summed E-state index contributed by atoms with van der Waals surface area (Å²) in [5.41, 5.74) is 27.0. The number of amidine groups is 1. The minimum Gasteiger partial charge on any atom is -0.385 e. The molecule has 2 aromatic rings. The van der Waals surface area contributed by atoms with E-state index in [0.29, 0.717) is 41.6 Å². The van der Waals surface area contributed by atoms with Gasteiger partial charge in [-0.15, -0.1) is 5.10 Å². The van der Waals surface area contributed by atoms with E-state index in [4.69, 9.17) is 22.7 Å². The van der Waals surface area contributed by atoms with E-state index in [2.05, 4.69) is 21.7 Å². The highest BCUT2D eigenvalue weighted by Gasteiger charge is 2.48. The Morgan fingerprint density at radius 3 is 2.21 bits per heavy atom. The van der Waals surface area contributed by atoms with Crippen LogP contribution >= 0.6 is 0 Å². The lowest BCUT2D eigenvalue weighted by molar-refractivity contribution is -0.130. The first-order chi connectivity index (χ1) is 18.1. The first-order valence-corrected chi connectivity index (χ1v) is 12.2. The number of fused-ring (bicyclic) bond motifs is 3. The summed E-state index contributed by atoms with van der Waals surface area (Å²) in [6.07, 6.45) is 1.76. The number of nitrogens with zero attached hydrogens (tertiary/aromatic N) is 4. The molecule has 1 heterocycles. The fourth-order valence-corrected chi connectivity index (χ4v) is 5.56. The monoisotopic (exact) mass is 515 g/mol. The smallest absolute Gasteiger partial charge is 0.248 e. The molecule has 1 aliphatic heterocycles. The van der Waals surface area contributed by atoms with Gasteiger partial charge in [-0.1, -0.05) is 17.4 Å². The van der Waals surface area contributed by atoms with Gasteiger partial charge in [0.05, 0.1) is 18.0 Å². The van der Waals surface area contributed by atoms with Crippen LogP contribution in [0.5, 0.6) is 0 Å². The molecule has 2 aliphatic rings. The maximum Gasteiger partial charge on any atom is 0.248 e. The number of nitrogens with one attached hydrogen (secondary N) is 2. The molecule has 0 spiro atoms. The molecule has 12 nitrogen and oxygen atoms in total. The Morgan fingerprint density at radius 2 is 1.71 bits per heavy atom. The third-order valence-corrected chi connectivity index (χ3v) is 7.35. The first-order valence-electron chi connectivity index (χ1n) is 12.2. The molecule has 12 heteroatoms. The Kier molecular flexibility index (Phi) is 7.23. The maximum atomic E-state index is 12.8. The van der Waals surface area contributed by atoms with Crippen molar-refractivity contribution in [3.05, 3.63) is 58.7 Å². The average Bonchev–Trinajstić information content (AvgIpc) is 3.48. The van der Waals surface area contributed by atoms with Crippen LogP contribution in [-0.2, 0) is 10.2 Å². The van der Waals surface area contributed by atoms with Crippen LogP contribution in [0.1, 0.15) is 58.0 Å². The maximum absolute atomic E-state index is 12.8. The topological polar surface area (TPSA) is 217 Å². The molecule has 4 rings (SSSR count). The Hall–Kier alpha value is -4.63. The summed E-state index contributed by atoms with van der Waals surface area (Å²) >= 11 is 0. The zero-order valence-corrected chi connectivity index (χ0v) is 20.9. The molecule has 196 valence electrons. The lowest BCUT2D eigenvalue weighted by Gasteiger charge is -2.34. The quantitative estimate of drug-likeness (QED) is 0.143. The number of amides is 3. The Labute approximate surface area is 219 Å². The Balaban J connectivity index is 1.76. The summed E-state index contributed by atoms with van der Waals surface area (Å²) in [5.74, 6) is -1.36. The average molecular weight is 516 g/mol. The fraction of sp³-hybridized carbons (Fsp3) is 0.346. The van der Waals surface area contributed by atoms with Crippen molar-refractivity contribution in [3.63, 3.8) is 0 Å². The standard InChI is InChI=1S/C26H29N9O3/c1-14(32-13-22(36)35-8-2-3-17(35)12-27)11-26(25(30)33-34-31)20-6-4-15(23(28)37)9-18(20)19-10-16(24(29)38)5-7-21(19)26/h4-7,9-10,14,17,32H,2-3,8,11,13H2,1H3,(H2,28,37)(H2,29,38)(H3,30,31,33)/t14-,17+/m1/s1. The van der Waals surface area contributed by atoms with Crippen molar-refractivity contribution in [1.82, 2.24) is 10.2 Å². The van der Waals surface area contributed by atoms with Gasteiger partial charge >= 0.3 is 0 Å². The predicted octanol–water partition coefficient (Wildman–Crippen LogP) is 1.34. The summed E-state index contributed by atoms with van der Waals surface area (Å²) in [4.78, 5) is 38.3. The van der Waals surface area contributed by atoms with Gasteiger partial charge in [-0.05, 0) is 72.7 Å². The van der Waals surface area contributed by atoms with Crippen molar-refractivity contribution < 1.29 is 14.4 Å². The van der Waals surface area contributed by atoms with Crippen molar-refractivity contribution in [2.24, 2.45) is 27.5 Å². The van der Waals surface area contributed by atoms with Gasteiger partial charge in [-0.2, -0.15) is 10.8 Å². The molecule has 8 N–H and O–H groups in total. The largest absolute Gasteiger partial charge is 0.385 e. The molecule has 3 amide bonds. The SMILES string of the molecule is C[C@H](CC1(C(N)=NN=N)c2ccc(C(N)=O)cc2-c2cc(C(N)=O)ccc21)NCC(=O)N1CCC[C@H]1C#N. The van der Waals surface area contributed by atoms with Crippen molar-refractivity contribution in [3.8, 4) is 17.2 Å². The number of rotatable bonds is 9. The van der Waals surface area contributed by atoms with Crippen LogP contribution in [0.2, 0.25) is 0 Å². The number of hydrogen-bond donors (Lipinski definition) is 5. The van der Waals surface area contributed by atoms with Gasteiger partial charge in [0, 0.05) is 23.7 Å². The van der Waals surface area contributed by atoms with Crippen molar-refractivity contribution >= 4 is 23.6 Å². The molecule has 1 fully saturated rings. The minimum absolute atomic E-state index is 0.0240. The lowest BCUT2D eigenvalue weighted by atomic mass is 9.72. The van der Waals surface area contributed by atoms with Crippen LogP contribution in [0.3, 0.4) is 0 Å². The zero-order valence-electron chi connectivity index (χ0n) is 20.9. The molecule has 38 heavy (non-hydrogen) atoms. The van der Waals surface area contributed by atoms with Crippen LogP contribution in [0.25, 0.3) is 11.1 Å². The van der Waals surface area contributed by atoms with E-state index < -0.39 is 23.3 Å². The Morgan fingerprint density at radius 1 is 1.13 bits per heavy atom. The number of carbonyl (C=O) groups excluding carboxylic acids is 3. The van der Waals surface area contributed by atoms with Gasteiger partial charge < -0.3 is 27.4 Å². The van der Waals surface area contributed by atoms with Crippen LogP contribution < -0.4 is 22.5 Å². The summed E-state index contributed by atoms with van der Waals surface area (Å²) in [7, 11) is 0. The molecule has 1 aliphatic carbocycles. The summed E-state index contributed by atoms with van der Waals surface area (Å²) in [5, 5.41) is 19.6. The third-order valence-electron chi connectivity index (χ3n) is 7.35. The van der Waals surface area contributed by atoms with Crippen molar-refractivity contribution in [2.75, 3.05) is 13.1 Å². The molecule has 0 bridgehead atoms. The predicted molar refractivity (Wildman–Crippen MR) is 139 cm³/mol. The third kappa shape index (κ3) is 4.48. The fourth-order valence-electron chi connectivity index (χ4n) is 5.56. The molecule has 2 aromatic carbocycles. The van der Waals surface area contributed by atoms with Gasteiger partial charge in [0.15, 0.2) is 0 Å². The van der Waals surface area contributed by atoms with E-state index in [9.17, 15) is 19.6 Å². The lowest BCUT2D eigenvalue weighted by Crippen LogP contribution is -2.48. The highest BCUT2D eigenvalue weighted by Crippen LogP contribution is 2.52. The van der Waals surface area contributed by atoms with Crippen LogP contribution in [0.15, 0.2) is 46.7 Å². The number of likely N-dealkylation sites (tertiary alicyclic amines) is 1. The molecular formula is C26H29N9O3. The molecule has 0 aromatic heterocycles. The molecule has 0 radical (unpaired) electrons. The Bertz CT molecular complexity index is 1330. The second kappa shape index (κ2) is 10.4. The van der Waals surface area contributed by atoms with E-state index in [1.54, 1.807) is 41.3 Å². The number of primary amides is 2. The van der Waals surface area contributed by atoms with Crippen LogP contribution in [0, 0.1) is 16.9 Å². The zero-order chi connectivity index (χ0) is 27.6. The van der Waals surface area contributed by atoms with E-state index in [0.717, 1.165) is 6.42 Å². The molecule has 0 unspecified atom stereocenters. The number of nitrogens with two attached hydrogens (primary N) is 3. The van der Waals surface area contributed by atoms with Crippen LogP contribution in [-0.4, -0.2) is 53.6 Å². The molecule has 2 atom stereocenters. The number of benzene rings is 2. The van der Waals surface area contributed by atoms with E-state index >= 15 is 0 Å². The van der Waals surface area contributed by atoms with Gasteiger partial charge in [0.1, 0.15) is 11.9 Å². The molecular weight excluding hydrogens is 486 g/mol. The summed E-state index contributed by atoms with van der Waals surface area (Å²) < 4.78 is 0. The number of carbonyl (C=O) groups is 3. The minimum atomic E-state index is -1.10. The van der Waals surface area contributed by atoms with Gasteiger partial charge in [-0.3, -0.25) is 14.4 Å². The van der Waals surface area contributed by atoms with Crippen molar-refractivity contribution in [2.45, 2.75) is 43.7 Å². The normalized spacial score (nSPS) is 18.3. The van der Waals surface area contributed by atoms with Gasteiger partial charge in [0.25, 0.3) is 0 Å². The summed E-state index contributed by atoms with van der Waals surface area (Å²) in [6.45, 7) is 2.46. The highest BCUT2D eigenvalue weighted by atomic mass is 16.2. The second-order valence-electron chi connectivity index (χ2n) is 9.60. The molecule has 0 saturated carbocycles. The van der Waals surface area contributed by atoms with E-state index in [-0.39, 0.29) is 35.5 Å². The van der Waals surface area contributed by atoms with Gasteiger partial charge in [-0.25, -0.2) is 0 Å². The van der Waals surface area contributed by atoms with Crippen molar-refractivity contribution in [1.29, 1.82) is 10.8 Å². The van der Waals surface area contributed by atoms with Gasteiger partial charge in [0.2, 0.25) is 17.7 Å². The highest BCUT2D eigenvalue weighted by molar-refractivity contribution is 6.05. The second-order valence-corrected chi connectivity index (χ2v) is 9.60. The number of hydrogen-bond acceptors (Lipinski definition) is 7. The van der Waals surface area contributed by atoms with E-state index in [1.165, 1.54) is 0 Å². The summed E-state index contributed by atoms with van der Waals surface area (Å²) in [6, 6.07) is 11.3. The molecule has 1 saturated heterocycles.